The minimum Gasteiger partial charge on any atom is -0.508 e. The first-order chi connectivity index (χ1) is 22.6. The van der Waals surface area contributed by atoms with Crippen molar-refractivity contribution in [1.82, 2.24) is 0 Å². The van der Waals surface area contributed by atoms with Crippen LogP contribution < -0.4 is 0 Å². The highest BCUT2D eigenvalue weighted by Crippen LogP contribution is 2.49. The molecule has 0 unspecified atom stereocenters. The highest BCUT2D eigenvalue weighted by molar-refractivity contribution is 5.65. The molecule has 0 amide bonds. The van der Waals surface area contributed by atoms with Gasteiger partial charge < -0.3 is 10.2 Å². The van der Waals surface area contributed by atoms with E-state index >= 15 is 0 Å². The molecule has 222 valence electrons. The topological polar surface area (TPSA) is 40.5 Å². The molecule has 0 saturated carbocycles. The van der Waals surface area contributed by atoms with Gasteiger partial charge in [-0.25, -0.2) is 0 Å². The van der Waals surface area contributed by atoms with Crippen LogP contribution in [-0.4, -0.2) is 10.2 Å². The summed E-state index contributed by atoms with van der Waals surface area (Å²) in [5.41, 5.74) is 7.41. The molecule has 7 aromatic carbocycles. The van der Waals surface area contributed by atoms with Gasteiger partial charge in [0.25, 0.3) is 0 Å². The quantitative estimate of drug-likeness (QED) is 0.172. The Labute approximate surface area is 270 Å². The van der Waals surface area contributed by atoms with Crippen LogP contribution in [0.1, 0.15) is 44.5 Å². The lowest BCUT2D eigenvalue weighted by Crippen LogP contribution is -2.34. The zero-order valence-corrected chi connectivity index (χ0v) is 25.4. The average molecular weight is 595 g/mol. The molecule has 2 heteroatoms. The van der Waals surface area contributed by atoms with Crippen LogP contribution >= 0.6 is 0 Å². The van der Waals surface area contributed by atoms with Crippen LogP contribution in [0.2, 0.25) is 0 Å². The van der Waals surface area contributed by atoms with Gasteiger partial charge in [-0.1, -0.05) is 170 Å². The molecule has 7 rings (SSSR count). The summed E-state index contributed by atoms with van der Waals surface area (Å²) in [6.07, 6.45) is 0. The minimum atomic E-state index is -0.694. The van der Waals surface area contributed by atoms with Crippen LogP contribution in [0, 0.1) is 0 Å². The number of rotatable bonds is 8. The first-order valence-corrected chi connectivity index (χ1v) is 15.6. The summed E-state index contributed by atoms with van der Waals surface area (Å²) in [6.45, 7) is 0. The van der Waals surface area contributed by atoms with Crippen molar-refractivity contribution in [2.24, 2.45) is 0 Å². The maximum Gasteiger partial charge on any atom is 0.115 e. The monoisotopic (exact) mass is 594 g/mol. The van der Waals surface area contributed by atoms with Crippen molar-refractivity contribution in [2.45, 2.75) is 10.8 Å². The Morgan fingerprint density at radius 3 is 0.761 bits per heavy atom. The van der Waals surface area contributed by atoms with Gasteiger partial charge >= 0.3 is 0 Å². The lowest BCUT2D eigenvalue weighted by Gasteiger charge is -2.40. The molecular formula is C44H34O2. The van der Waals surface area contributed by atoms with E-state index in [2.05, 4.69) is 121 Å². The summed E-state index contributed by atoms with van der Waals surface area (Å²) in [5.74, 6) is 0.457. The second-order valence-corrected chi connectivity index (χ2v) is 11.6. The molecule has 0 bridgehead atoms. The Morgan fingerprint density at radius 1 is 0.239 bits per heavy atom. The SMILES string of the molecule is Oc1ccc(C(c2ccccc2)(c2ccccc2)c2cccc(C(c3ccccc3)(c3ccccc3)c3ccc(O)cc3)c2)cc1. The van der Waals surface area contributed by atoms with Gasteiger partial charge in [0, 0.05) is 0 Å². The summed E-state index contributed by atoms with van der Waals surface area (Å²) in [7, 11) is 0. The fourth-order valence-electron chi connectivity index (χ4n) is 7.16. The number of aromatic hydroxyl groups is 2. The largest absolute Gasteiger partial charge is 0.508 e. The van der Waals surface area contributed by atoms with Gasteiger partial charge in [0.2, 0.25) is 0 Å². The third kappa shape index (κ3) is 4.85. The minimum absolute atomic E-state index is 0.229. The van der Waals surface area contributed by atoms with Crippen LogP contribution in [0.25, 0.3) is 0 Å². The lowest BCUT2D eigenvalue weighted by atomic mass is 9.61. The van der Waals surface area contributed by atoms with E-state index in [0.717, 1.165) is 44.5 Å². The number of hydrogen-bond acceptors (Lipinski definition) is 2. The first-order valence-electron chi connectivity index (χ1n) is 15.6. The Kier molecular flexibility index (Phi) is 7.70. The van der Waals surface area contributed by atoms with E-state index in [1.54, 1.807) is 24.3 Å². The van der Waals surface area contributed by atoms with E-state index in [9.17, 15) is 10.2 Å². The fraction of sp³-hybridized carbons (Fsp3) is 0.0455. The molecule has 46 heavy (non-hydrogen) atoms. The summed E-state index contributed by atoms with van der Waals surface area (Å²) in [5, 5.41) is 20.7. The molecular weight excluding hydrogens is 560 g/mol. The van der Waals surface area contributed by atoms with E-state index in [4.69, 9.17) is 0 Å². The molecule has 0 spiro atoms. The smallest absolute Gasteiger partial charge is 0.115 e. The van der Waals surface area contributed by atoms with Gasteiger partial charge in [0.1, 0.15) is 11.5 Å². The summed E-state index contributed by atoms with van der Waals surface area (Å²) >= 11 is 0. The summed E-state index contributed by atoms with van der Waals surface area (Å²) in [4.78, 5) is 0. The molecule has 0 aliphatic rings. The Morgan fingerprint density at radius 2 is 0.478 bits per heavy atom. The molecule has 2 nitrogen and oxygen atoms in total. The van der Waals surface area contributed by atoms with Crippen molar-refractivity contribution >= 4 is 0 Å². The second kappa shape index (κ2) is 12.3. The molecule has 0 saturated heterocycles. The summed E-state index contributed by atoms with van der Waals surface area (Å²) < 4.78 is 0. The number of phenols is 2. The Bertz CT molecular complexity index is 1790. The van der Waals surface area contributed by atoms with Crippen molar-refractivity contribution < 1.29 is 10.2 Å². The molecule has 0 fully saturated rings. The normalized spacial score (nSPS) is 11.7. The molecule has 7 aromatic rings. The summed E-state index contributed by atoms with van der Waals surface area (Å²) in [6, 6.07) is 66.6. The number of hydrogen-bond donors (Lipinski definition) is 2. The van der Waals surface area contributed by atoms with Gasteiger partial charge in [-0.3, -0.25) is 0 Å². The van der Waals surface area contributed by atoms with Crippen LogP contribution in [0.3, 0.4) is 0 Å². The van der Waals surface area contributed by atoms with Gasteiger partial charge in [-0.15, -0.1) is 0 Å². The van der Waals surface area contributed by atoms with Gasteiger partial charge in [0.05, 0.1) is 10.8 Å². The zero-order valence-electron chi connectivity index (χ0n) is 25.4. The van der Waals surface area contributed by atoms with Crippen LogP contribution in [0.15, 0.2) is 194 Å². The van der Waals surface area contributed by atoms with E-state index in [-0.39, 0.29) is 11.5 Å². The molecule has 2 N–H and O–H groups in total. The highest BCUT2D eigenvalue weighted by atomic mass is 16.3. The highest BCUT2D eigenvalue weighted by Gasteiger charge is 2.42. The van der Waals surface area contributed by atoms with Crippen molar-refractivity contribution in [3.63, 3.8) is 0 Å². The molecule has 0 heterocycles. The molecule has 0 radical (unpaired) electrons. The molecule has 0 aliphatic carbocycles. The average Bonchev–Trinajstić information content (AvgIpc) is 3.13. The third-order valence-electron chi connectivity index (χ3n) is 9.16. The lowest BCUT2D eigenvalue weighted by molar-refractivity contribution is 0.474. The predicted molar refractivity (Wildman–Crippen MR) is 186 cm³/mol. The maximum absolute atomic E-state index is 10.4. The van der Waals surface area contributed by atoms with E-state index < -0.39 is 10.8 Å². The van der Waals surface area contributed by atoms with Crippen molar-refractivity contribution in [1.29, 1.82) is 0 Å². The van der Waals surface area contributed by atoms with Crippen molar-refractivity contribution in [3.8, 4) is 11.5 Å². The second-order valence-electron chi connectivity index (χ2n) is 11.6. The Balaban J connectivity index is 1.61. The van der Waals surface area contributed by atoms with Crippen LogP contribution in [-0.2, 0) is 10.8 Å². The predicted octanol–water partition coefficient (Wildman–Crippen LogP) is 9.86. The van der Waals surface area contributed by atoms with E-state index in [0.29, 0.717) is 0 Å². The fourth-order valence-corrected chi connectivity index (χ4v) is 7.16. The third-order valence-corrected chi connectivity index (χ3v) is 9.16. The molecule has 0 aliphatic heterocycles. The van der Waals surface area contributed by atoms with E-state index in [1.807, 2.05) is 48.5 Å². The van der Waals surface area contributed by atoms with Gasteiger partial charge in [-0.05, 0) is 68.8 Å². The molecule has 0 aromatic heterocycles. The van der Waals surface area contributed by atoms with Crippen LogP contribution in [0.5, 0.6) is 11.5 Å². The first kappa shape index (κ1) is 28.9. The number of phenolic OH excluding ortho intramolecular Hbond substituents is 2. The van der Waals surface area contributed by atoms with Gasteiger partial charge in [0.15, 0.2) is 0 Å². The zero-order chi connectivity index (χ0) is 31.4. The van der Waals surface area contributed by atoms with Gasteiger partial charge in [-0.2, -0.15) is 0 Å². The maximum atomic E-state index is 10.4. The Hall–Kier alpha value is -5.86. The van der Waals surface area contributed by atoms with Crippen LogP contribution in [0.4, 0.5) is 0 Å². The standard InChI is InChI=1S/C44H34O2/c45-41-28-24-37(25-29-41)43(33-14-5-1-6-15-33,34-16-7-2-8-17-34)39-22-13-23-40(32-39)44(35-18-9-3-10-19-35,36-20-11-4-12-21-36)38-26-30-42(46)31-27-38/h1-32,45-46H. The number of benzene rings is 7. The van der Waals surface area contributed by atoms with Crippen molar-refractivity contribution in [3.05, 3.63) is 239 Å². The van der Waals surface area contributed by atoms with E-state index in [1.165, 1.54) is 0 Å². The van der Waals surface area contributed by atoms with Crippen molar-refractivity contribution in [2.75, 3.05) is 0 Å². The molecule has 0 atom stereocenters.